The molecule has 7 nitrogen and oxygen atoms in total. The lowest BCUT2D eigenvalue weighted by molar-refractivity contribution is -0.137. The molecule has 2 heterocycles. The van der Waals surface area contributed by atoms with Crippen molar-refractivity contribution in [1.82, 2.24) is 19.3 Å². The number of fused-ring (bicyclic) bond motifs is 1. The lowest BCUT2D eigenvalue weighted by atomic mass is 10.1. The molecule has 0 aliphatic rings. The molecule has 0 saturated carbocycles. The topological polar surface area (TPSA) is 90.0 Å². The van der Waals surface area contributed by atoms with Crippen molar-refractivity contribution in [3.05, 3.63) is 57.8 Å². The Bertz CT molecular complexity index is 1030. The van der Waals surface area contributed by atoms with Crippen LogP contribution in [0.2, 0.25) is 0 Å². The molecule has 0 aliphatic heterocycles. The molecule has 0 aliphatic carbocycles. The summed E-state index contributed by atoms with van der Waals surface area (Å²) < 4.78 is 29.8. The summed E-state index contributed by atoms with van der Waals surface area (Å²) in [5.41, 5.74) is -0.226. The molecule has 0 saturated heterocycles. The second kappa shape index (κ2) is 6.42. The van der Waals surface area contributed by atoms with E-state index in [1.54, 1.807) is 7.05 Å². The van der Waals surface area contributed by atoms with Gasteiger partial charge in [0.1, 0.15) is 17.8 Å². The Balaban J connectivity index is 2.04. The molecule has 9 heteroatoms. The number of aryl methyl sites for hydroxylation is 3. The Morgan fingerprint density at radius 3 is 2.76 bits per heavy atom. The number of rotatable bonds is 5. The van der Waals surface area contributed by atoms with Crippen LogP contribution in [0.4, 0.5) is 8.78 Å². The maximum atomic E-state index is 13.8. The maximum Gasteiger partial charge on any atom is 0.323 e. The number of aliphatic carboxylic acids is 1. The van der Waals surface area contributed by atoms with Gasteiger partial charge in [0.05, 0.1) is 0 Å². The fraction of sp³-hybridized carbons (Fsp3) is 0.250. The van der Waals surface area contributed by atoms with Gasteiger partial charge in [0, 0.05) is 19.7 Å². The number of carboxylic acid groups (broad SMARTS) is 1. The van der Waals surface area contributed by atoms with Crippen LogP contribution in [0.1, 0.15) is 11.4 Å². The summed E-state index contributed by atoms with van der Waals surface area (Å²) in [4.78, 5) is 27.2. The minimum absolute atomic E-state index is 0.0635. The number of benzene rings is 1. The molecule has 0 bridgehead atoms. The average molecular weight is 348 g/mol. The first-order valence-corrected chi connectivity index (χ1v) is 7.44. The zero-order valence-electron chi connectivity index (χ0n) is 13.2. The van der Waals surface area contributed by atoms with Crippen LogP contribution >= 0.6 is 0 Å². The van der Waals surface area contributed by atoms with Gasteiger partial charge in [-0.15, -0.1) is 0 Å². The van der Waals surface area contributed by atoms with Gasteiger partial charge in [-0.05, 0) is 18.1 Å². The quantitative estimate of drug-likeness (QED) is 0.750. The van der Waals surface area contributed by atoms with Gasteiger partial charge in [-0.1, -0.05) is 12.1 Å². The summed E-state index contributed by atoms with van der Waals surface area (Å²) in [7, 11) is 1.60. The molecule has 0 spiro atoms. The SMILES string of the molecule is Cn1cc2c(=O)nc(CCc3cccc(F)c3F)n(CC(=O)O)c2n1. The Labute approximate surface area is 140 Å². The van der Waals surface area contributed by atoms with Crippen LogP contribution in [-0.4, -0.2) is 30.4 Å². The number of aromatic nitrogens is 4. The highest BCUT2D eigenvalue weighted by Gasteiger charge is 2.17. The van der Waals surface area contributed by atoms with Crippen LogP contribution in [0.5, 0.6) is 0 Å². The minimum atomic E-state index is -1.13. The first-order chi connectivity index (χ1) is 11.9. The van der Waals surface area contributed by atoms with E-state index in [1.807, 2.05) is 0 Å². The van der Waals surface area contributed by atoms with Gasteiger partial charge < -0.3 is 9.67 Å². The van der Waals surface area contributed by atoms with Gasteiger partial charge >= 0.3 is 5.97 Å². The molecule has 1 aromatic carbocycles. The lowest BCUT2D eigenvalue weighted by Gasteiger charge is -2.11. The van der Waals surface area contributed by atoms with E-state index in [0.29, 0.717) is 0 Å². The zero-order chi connectivity index (χ0) is 18.1. The van der Waals surface area contributed by atoms with Crippen LogP contribution in [0.15, 0.2) is 29.2 Å². The van der Waals surface area contributed by atoms with Gasteiger partial charge in [-0.2, -0.15) is 10.1 Å². The van der Waals surface area contributed by atoms with E-state index in [4.69, 9.17) is 5.11 Å². The summed E-state index contributed by atoms with van der Waals surface area (Å²) >= 11 is 0. The second-order valence-corrected chi connectivity index (χ2v) is 5.57. The summed E-state index contributed by atoms with van der Waals surface area (Å²) in [5.74, 6) is -2.90. The molecular weight excluding hydrogens is 334 g/mol. The average Bonchev–Trinajstić information content (AvgIpc) is 2.94. The van der Waals surface area contributed by atoms with Crippen LogP contribution in [-0.2, 0) is 31.2 Å². The molecule has 130 valence electrons. The molecule has 25 heavy (non-hydrogen) atoms. The third kappa shape index (κ3) is 3.25. The highest BCUT2D eigenvalue weighted by Crippen LogP contribution is 2.15. The van der Waals surface area contributed by atoms with Crippen LogP contribution in [0.25, 0.3) is 11.0 Å². The van der Waals surface area contributed by atoms with Crippen molar-refractivity contribution in [3.63, 3.8) is 0 Å². The number of carbonyl (C=O) groups is 1. The van der Waals surface area contributed by atoms with Gasteiger partial charge in [0.15, 0.2) is 17.3 Å². The third-order valence-corrected chi connectivity index (χ3v) is 3.78. The Hall–Kier alpha value is -3.10. The fourth-order valence-corrected chi connectivity index (χ4v) is 2.67. The molecule has 0 amide bonds. The van der Waals surface area contributed by atoms with Gasteiger partial charge in [-0.3, -0.25) is 14.3 Å². The first kappa shape index (κ1) is 16.7. The molecule has 3 aromatic rings. The van der Waals surface area contributed by atoms with Gasteiger partial charge in [-0.25, -0.2) is 8.78 Å². The molecule has 1 N–H and O–H groups in total. The van der Waals surface area contributed by atoms with E-state index < -0.39 is 29.7 Å². The predicted molar refractivity (Wildman–Crippen MR) is 84.2 cm³/mol. The second-order valence-electron chi connectivity index (χ2n) is 5.57. The van der Waals surface area contributed by atoms with E-state index in [2.05, 4.69) is 10.1 Å². The fourth-order valence-electron chi connectivity index (χ4n) is 2.67. The summed E-state index contributed by atoms with van der Waals surface area (Å²) in [5, 5.41) is 13.4. The first-order valence-electron chi connectivity index (χ1n) is 7.44. The van der Waals surface area contributed by atoms with Crippen molar-refractivity contribution in [2.24, 2.45) is 7.05 Å². The van der Waals surface area contributed by atoms with Crippen molar-refractivity contribution in [1.29, 1.82) is 0 Å². The largest absolute Gasteiger partial charge is 0.480 e. The standard InChI is InChI=1S/C16H14F2N4O3/c1-21-7-10-15(20-21)22(8-13(23)24)12(19-16(10)25)6-5-9-3-2-4-11(17)14(9)18/h2-4,7H,5-6,8H2,1H3,(H,23,24). The van der Waals surface area contributed by atoms with Crippen molar-refractivity contribution < 1.29 is 18.7 Å². The molecule has 2 aromatic heterocycles. The lowest BCUT2D eigenvalue weighted by Crippen LogP contribution is -2.22. The van der Waals surface area contributed by atoms with Crippen molar-refractivity contribution >= 4 is 17.0 Å². The molecule has 3 rings (SSSR count). The van der Waals surface area contributed by atoms with E-state index in [9.17, 15) is 18.4 Å². The van der Waals surface area contributed by atoms with Crippen LogP contribution < -0.4 is 5.56 Å². The molecule has 0 unspecified atom stereocenters. The van der Waals surface area contributed by atoms with E-state index in [0.717, 1.165) is 6.07 Å². The number of carboxylic acids is 1. The van der Waals surface area contributed by atoms with Crippen molar-refractivity contribution in [3.8, 4) is 0 Å². The summed E-state index contributed by atoms with van der Waals surface area (Å²) in [6.07, 6.45) is 1.59. The highest BCUT2D eigenvalue weighted by molar-refractivity contribution is 5.76. The van der Waals surface area contributed by atoms with E-state index >= 15 is 0 Å². The third-order valence-electron chi connectivity index (χ3n) is 3.78. The molecule has 0 radical (unpaired) electrons. The maximum absolute atomic E-state index is 13.8. The Morgan fingerprint density at radius 1 is 1.28 bits per heavy atom. The smallest absolute Gasteiger partial charge is 0.323 e. The van der Waals surface area contributed by atoms with Crippen molar-refractivity contribution in [2.45, 2.75) is 19.4 Å². The normalized spacial score (nSPS) is 11.2. The number of hydrogen-bond acceptors (Lipinski definition) is 4. The van der Waals surface area contributed by atoms with Crippen molar-refractivity contribution in [2.75, 3.05) is 0 Å². The number of nitrogens with zero attached hydrogens (tertiary/aromatic N) is 4. The van der Waals surface area contributed by atoms with Gasteiger partial charge in [0.25, 0.3) is 5.56 Å². The zero-order valence-corrected chi connectivity index (χ0v) is 13.2. The monoisotopic (exact) mass is 348 g/mol. The Morgan fingerprint density at radius 2 is 2.04 bits per heavy atom. The summed E-state index contributed by atoms with van der Waals surface area (Å²) in [6, 6.07) is 3.82. The Kier molecular flexibility index (Phi) is 4.30. The number of hydrogen-bond donors (Lipinski definition) is 1. The van der Waals surface area contributed by atoms with Crippen LogP contribution in [0.3, 0.4) is 0 Å². The number of halogens is 2. The molecule has 0 fully saturated rings. The highest BCUT2D eigenvalue weighted by atomic mass is 19.2. The molecule has 0 atom stereocenters. The van der Waals surface area contributed by atoms with E-state index in [-0.39, 0.29) is 35.3 Å². The minimum Gasteiger partial charge on any atom is -0.480 e. The van der Waals surface area contributed by atoms with E-state index in [1.165, 1.54) is 27.6 Å². The summed E-state index contributed by atoms with van der Waals surface area (Å²) in [6.45, 7) is -0.443. The molecular formula is C16H14F2N4O3. The van der Waals surface area contributed by atoms with Gasteiger partial charge in [0.2, 0.25) is 0 Å². The predicted octanol–water partition coefficient (Wildman–Crippen LogP) is 1.28. The van der Waals surface area contributed by atoms with Crippen LogP contribution in [0, 0.1) is 11.6 Å².